The van der Waals surface area contributed by atoms with Gasteiger partial charge in [-0.05, 0) is 42.3 Å². The average molecular weight is 362 g/mol. The van der Waals surface area contributed by atoms with Crippen LogP contribution in [0.2, 0.25) is 0 Å². The number of aliphatic hydroxyl groups excluding tert-OH is 1. The summed E-state index contributed by atoms with van der Waals surface area (Å²) in [5.74, 6) is 2.01. The fraction of sp³-hybridized carbons (Fsp3) is 0.500. The number of nitrogens with one attached hydrogen (secondary N) is 1. The molecule has 0 spiro atoms. The lowest BCUT2D eigenvalue weighted by atomic mass is 9.96. The van der Waals surface area contributed by atoms with Crippen LogP contribution in [0, 0.1) is 5.92 Å². The Morgan fingerprint density at radius 2 is 1.92 bits per heavy atom. The van der Waals surface area contributed by atoms with Crippen molar-refractivity contribution in [1.82, 2.24) is 5.32 Å². The summed E-state index contributed by atoms with van der Waals surface area (Å²) < 4.78 is 11.0. The zero-order valence-corrected chi connectivity index (χ0v) is 15.5. The van der Waals surface area contributed by atoms with E-state index in [1.165, 1.54) is 30.6 Å². The number of hydrogen-bond acceptors (Lipinski definition) is 5. The second-order valence-electron chi connectivity index (χ2n) is 6.56. The maximum Gasteiger partial charge on any atom is 0.161 e. The van der Waals surface area contributed by atoms with Crippen LogP contribution >= 0.6 is 11.3 Å². The third-order valence-electron chi connectivity index (χ3n) is 4.79. The van der Waals surface area contributed by atoms with E-state index in [1.54, 1.807) is 18.4 Å². The third kappa shape index (κ3) is 4.97. The topological polar surface area (TPSA) is 50.7 Å². The number of thiophene rings is 1. The highest BCUT2D eigenvalue weighted by Gasteiger charge is 2.27. The molecule has 2 atom stereocenters. The van der Waals surface area contributed by atoms with Gasteiger partial charge in [-0.2, -0.15) is 0 Å². The maximum atomic E-state index is 10.3. The van der Waals surface area contributed by atoms with Gasteiger partial charge < -0.3 is 19.9 Å². The smallest absolute Gasteiger partial charge is 0.161 e. The van der Waals surface area contributed by atoms with E-state index in [0.29, 0.717) is 30.0 Å². The van der Waals surface area contributed by atoms with Crippen molar-refractivity contribution in [2.24, 2.45) is 5.92 Å². The summed E-state index contributed by atoms with van der Waals surface area (Å²) in [6.45, 7) is 0.767. The van der Waals surface area contributed by atoms with Gasteiger partial charge in [-0.3, -0.25) is 0 Å². The molecule has 5 heteroatoms. The van der Waals surface area contributed by atoms with E-state index in [-0.39, 0.29) is 6.61 Å². The van der Waals surface area contributed by atoms with Crippen LogP contribution < -0.4 is 14.8 Å². The molecule has 0 bridgehead atoms. The van der Waals surface area contributed by atoms with Crippen LogP contribution in [0.25, 0.3) is 0 Å². The zero-order valence-electron chi connectivity index (χ0n) is 14.7. The number of rotatable bonds is 9. The minimum Gasteiger partial charge on any atom is -0.493 e. The van der Waals surface area contributed by atoms with Crippen LogP contribution in [-0.2, 0) is 0 Å². The van der Waals surface area contributed by atoms with Gasteiger partial charge in [0.25, 0.3) is 0 Å². The molecule has 0 saturated heterocycles. The highest BCUT2D eigenvalue weighted by atomic mass is 32.1. The quantitative estimate of drug-likeness (QED) is 0.708. The van der Waals surface area contributed by atoms with Crippen molar-refractivity contribution >= 4 is 11.3 Å². The van der Waals surface area contributed by atoms with Crippen molar-refractivity contribution in [1.29, 1.82) is 0 Å². The highest BCUT2D eigenvalue weighted by Crippen LogP contribution is 2.37. The summed E-state index contributed by atoms with van der Waals surface area (Å²) in [5, 5.41) is 16.0. The third-order valence-corrected chi connectivity index (χ3v) is 5.75. The Morgan fingerprint density at radius 3 is 2.60 bits per heavy atom. The Morgan fingerprint density at radius 1 is 1.16 bits per heavy atom. The van der Waals surface area contributed by atoms with Crippen molar-refractivity contribution in [3.63, 3.8) is 0 Å². The molecule has 1 heterocycles. The molecule has 2 unspecified atom stereocenters. The van der Waals surface area contributed by atoms with E-state index in [9.17, 15) is 5.11 Å². The van der Waals surface area contributed by atoms with Crippen molar-refractivity contribution in [3.8, 4) is 11.5 Å². The van der Waals surface area contributed by atoms with Crippen molar-refractivity contribution in [3.05, 3.63) is 46.7 Å². The van der Waals surface area contributed by atoms with Crippen LogP contribution in [0.3, 0.4) is 0 Å². The van der Waals surface area contributed by atoms with Gasteiger partial charge in [-0.15, -0.1) is 11.3 Å². The first-order valence-electron chi connectivity index (χ1n) is 8.98. The first-order valence-corrected chi connectivity index (χ1v) is 9.86. The Hall–Kier alpha value is -1.56. The van der Waals surface area contributed by atoms with E-state index >= 15 is 0 Å². The SMILES string of the molecule is COc1ccccc1OCC(O)CNC(c1cccs1)C1CCCC1. The summed E-state index contributed by atoms with van der Waals surface area (Å²) in [6, 6.07) is 12.1. The van der Waals surface area contributed by atoms with Gasteiger partial charge in [-0.1, -0.05) is 31.0 Å². The number of aliphatic hydroxyl groups is 1. The van der Waals surface area contributed by atoms with Crippen molar-refractivity contribution < 1.29 is 14.6 Å². The number of benzene rings is 1. The Labute approximate surface area is 153 Å². The molecule has 0 aliphatic heterocycles. The fourth-order valence-corrected chi connectivity index (χ4v) is 4.40. The number of para-hydroxylation sites is 2. The van der Waals surface area contributed by atoms with Gasteiger partial charge in [0.1, 0.15) is 12.7 Å². The number of methoxy groups -OCH3 is 1. The fourth-order valence-electron chi connectivity index (χ4n) is 3.50. The normalized spacial score (nSPS) is 17.4. The maximum absolute atomic E-state index is 10.3. The van der Waals surface area contributed by atoms with Crippen LogP contribution in [-0.4, -0.2) is 31.5 Å². The van der Waals surface area contributed by atoms with E-state index < -0.39 is 6.10 Å². The van der Waals surface area contributed by atoms with E-state index in [4.69, 9.17) is 9.47 Å². The molecular formula is C20H27NO3S. The summed E-state index contributed by atoms with van der Waals surface area (Å²) in [4.78, 5) is 1.37. The largest absolute Gasteiger partial charge is 0.493 e. The van der Waals surface area contributed by atoms with Gasteiger partial charge in [-0.25, -0.2) is 0 Å². The molecule has 2 N–H and O–H groups in total. The minimum absolute atomic E-state index is 0.245. The highest BCUT2D eigenvalue weighted by molar-refractivity contribution is 7.10. The molecule has 136 valence electrons. The molecule has 1 aliphatic rings. The lowest BCUT2D eigenvalue weighted by Crippen LogP contribution is -2.36. The zero-order chi connectivity index (χ0) is 17.5. The Bertz CT molecular complexity index is 626. The second kappa shape index (κ2) is 9.22. The van der Waals surface area contributed by atoms with Crippen LogP contribution in [0.1, 0.15) is 36.6 Å². The van der Waals surface area contributed by atoms with Crippen LogP contribution in [0.15, 0.2) is 41.8 Å². The van der Waals surface area contributed by atoms with E-state index in [0.717, 1.165) is 0 Å². The first-order chi connectivity index (χ1) is 12.3. The lowest BCUT2D eigenvalue weighted by Gasteiger charge is -2.25. The van der Waals surface area contributed by atoms with E-state index in [1.807, 2.05) is 24.3 Å². The van der Waals surface area contributed by atoms with Gasteiger partial charge in [0.15, 0.2) is 11.5 Å². The molecule has 1 fully saturated rings. The molecule has 25 heavy (non-hydrogen) atoms. The number of ether oxygens (including phenoxy) is 2. The lowest BCUT2D eigenvalue weighted by molar-refractivity contribution is 0.0993. The molecule has 1 aromatic heterocycles. The Kier molecular flexibility index (Phi) is 6.73. The summed E-state index contributed by atoms with van der Waals surface area (Å²) in [6.07, 6.45) is 4.60. The molecular weight excluding hydrogens is 334 g/mol. The first kappa shape index (κ1) is 18.2. The average Bonchev–Trinajstić information content (AvgIpc) is 3.35. The van der Waals surface area contributed by atoms with Gasteiger partial charge in [0.05, 0.1) is 7.11 Å². The van der Waals surface area contributed by atoms with Crippen LogP contribution in [0.5, 0.6) is 11.5 Å². The molecule has 1 aliphatic carbocycles. The summed E-state index contributed by atoms with van der Waals surface area (Å²) in [7, 11) is 1.62. The van der Waals surface area contributed by atoms with Gasteiger partial charge in [0.2, 0.25) is 0 Å². The monoisotopic (exact) mass is 361 g/mol. The molecule has 0 radical (unpaired) electrons. The number of hydrogen-bond donors (Lipinski definition) is 2. The van der Waals surface area contributed by atoms with Gasteiger partial charge >= 0.3 is 0 Å². The predicted octanol–water partition coefficient (Wildman–Crippen LogP) is 4.02. The molecule has 4 nitrogen and oxygen atoms in total. The standard InChI is InChI=1S/C20H27NO3S/c1-23-17-9-4-5-10-18(17)24-14-16(22)13-21-20(15-7-2-3-8-15)19-11-6-12-25-19/h4-6,9-12,15-16,20-22H,2-3,7-8,13-14H2,1H3. The molecule has 2 aromatic rings. The Balaban J connectivity index is 1.52. The minimum atomic E-state index is -0.561. The van der Waals surface area contributed by atoms with E-state index in [2.05, 4.69) is 22.8 Å². The summed E-state index contributed by atoms with van der Waals surface area (Å²) in [5.41, 5.74) is 0. The van der Waals surface area contributed by atoms with Crippen LogP contribution in [0.4, 0.5) is 0 Å². The van der Waals surface area contributed by atoms with Gasteiger partial charge in [0, 0.05) is 17.5 Å². The molecule has 1 saturated carbocycles. The second-order valence-corrected chi connectivity index (χ2v) is 7.54. The molecule has 3 rings (SSSR count). The molecule has 0 amide bonds. The molecule has 1 aromatic carbocycles. The van der Waals surface area contributed by atoms with Crippen molar-refractivity contribution in [2.45, 2.75) is 37.8 Å². The van der Waals surface area contributed by atoms with Crippen molar-refractivity contribution in [2.75, 3.05) is 20.3 Å². The predicted molar refractivity (Wildman–Crippen MR) is 102 cm³/mol. The summed E-state index contributed by atoms with van der Waals surface area (Å²) >= 11 is 1.79.